The van der Waals surface area contributed by atoms with Crippen LogP contribution in [0.25, 0.3) is 11.5 Å². The molecule has 3 aromatic rings. The number of likely N-dealkylation sites (tertiary alicyclic amines) is 1. The highest BCUT2D eigenvalue weighted by Gasteiger charge is 2.27. The fourth-order valence-electron chi connectivity index (χ4n) is 3.25. The second-order valence-electron chi connectivity index (χ2n) is 6.60. The van der Waals surface area contributed by atoms with Crippen LogP contribution in [0.2, 0.25) is 0 Å². The van der Waals surface area contributed by atoms with Crippen LogP contribution in [0.5, 0.6) is 0 Å². The number of pyridine rings is 1. The number of rotatable bonds is 5. The van der Waals surface area contributed by atoms with Gasteiger partial charge in [0.05, 0.1) is 11.9 Å². The van der Waals surface area contributed by atoms with Gasteiger partial charge in [-0.15, -0.1) is 0 Å². The molecule has 4 rings (SSSR count). The molecular formula is C18H20N6O3. The third kappa shape index (κ3) is 3.97. The second-order valence-corrected chi connectivity index (χ2v) is 6.60. The van der Waals surface area contributed by atoms with Gasteiger partial charge >= 0.3 is 0 Å². The van der Waals surface area contributed by atoms with Gasteiger partial charge in [-0.3, -0.25) is 9.59 Å². The summed E-state index contributed by atoms with van der Waals surface area (Å²) in [4.78, 5) is 36.4. The number of aromatic amines is 1. The predicted octanol–water partition coefficient (Wildman–Crippen LogP) is 1.42. The number of nitrogens with one attached hydrogen (secondary N) is 1. The molecule has 0 saturated carbocycles. The number of hydrogen-bond donors (Lipinski definition) is 1. The van der Waals surface area contributed by atoms with E-state index in [9.17, 15) is 9.59 Å². The molecule has 27 heavy (non-hydrogen) atoms. The summed E-state index contributed by atoms with van der Waals surface area (Å²) < 4.78 is 7.23. The third-order valence-corrected chi connectivity index (χ3v) is 4.83. The topological polar surface area (TPSA) is 110 Å². The van der Waals surface area contributed by atoms with Crippen molar-refractivity contribution in [1.82, 2.24) is 29.6 Å². The quantitative estimate of drug-likeness (QED) is 0.729. The zero-order chi connectivity index (χ0) is 18.6. The van der Waals surface area contributed by atoms with E-state index in [2.05, 4.69) is 20.1 Å². The molecule has 1 saturated heterocycles. The molecule has 0 aliphatic carbocycles. The monoisotopic (exact) mass is 368 g/mol. The maximum absolute atomic E-state index is 12.4. The van der Waals surface area contributed by atoms with Crippen LogP contribution in [-0.2, 0) is 11.3 Å². The van der Waals surface area contributed by atoms with Gasteiger partial charge in [0.25, 0.3) is 5.89 Å². The molecule has 0 aromatic carbocycles. The molecule has 9 nitrogen and oxygen atoms in total. The molecule has 0 bridgehead atoms. The Morgan fingerprint density at radius 2 is 2.15 bits per heavy atom. The summed E-state index contributed by atoms with van der Waals surface area (Å²) in [6.45, 7) is 2.03. The number of imidazole rings is 1. The normalized spacial score (nSPS) is 15.2. The maximum Gasteiger partial charge on any atom is 0.259 e. The molecule has 1 N–H and O–H groups in total. The Bertz CT molecular complexity index is 933. The molecule has 1 aliphatic rings. The van der Waals surface area contributed by atoms with Gasteiger partial charge in [0.15, 0.2) is 5.82 Å². The van der Waals surface area contributed by atoms with Crippen LogP contribution in [0.1, 0.15) is 31.0 Å². The smallest absolute Gasteiger partial charge is 0.259 e. The van der Waals surface area contributed by atoms with E-state index in [-0.39, 0.29) is 17.4 Å². The molecule has 0 unspecified atom stereocenters. The van der Waals surface area contributed by atoms with Gasteiger partial charge in [0, 0.05) is 56.6 Å². The van der Waals surface area contributed by atoms with Crippen molar-refractivity contribution >= 4 is 5.91 Å². The van der Waals surface area contributed by atoms with Crippen LogP contribution in [0.15, 0.2) is 46.4 Å². The summed E-state index contributed by atoms with van der Waals surface area (Å²) in [5, 5.41) is 4.09. The third-order valence-electron chi connectivity index (χ3n) is 4.83. The first-order valence-electron chi connectivity index (χ1n) is 8.95. The minimum absolute atomic E-state index is 0.157. The molecule has 4 heterocycles. The number of piperidine rings is 1. The minimum Gasteiger partial charge on any atom is -0.343 e. The summed E-state index contributed by atoms with van der Waals surface area (Å²) in [6, 6.07) is 3.07. The SMILES string of the molecule is O=C(CCn1ccnc1)N1CCC(c2noc(-c3ccc(=O)[nH]c3)n2)CC1. The fraction of sp³-hybridized carbons (Fsp3) is 0.389. The van der Waals surface area contributed by atoms with Gasteiger partial charge in [0.1, 0.15) is 0 Å². The molecule has 1 amide bonds. The Morgan fingerprint density at radius 3 is 2.85 bits per heavy atom. The van der Waals surface area contributed by atoms with E-state index in [1.54, 1.807) is 24.8 Å². The molecule has 0 radical (unpaired) electrons. The van der Waals surface area contributed by atoms with E-state index < -0.39 is 0 Å². The Morgan fingerprint density at radius 1 is 1.30 bits per heavy atom. The largest absolute Gasteiger partial charge is 0.343 e. The molecule has 1 fully saturated rings. The maximum atomic E-state index is 12.4. The van der Waals surface area contributed by atoms with Crippen molar-refractivity contribution in [3.8, 4) is 11.5 Å². The lowest BCUT2D eigenvalue weighted by molar-refractivity contribution is -0.132. The number of nitrogens with zero attached hydrogens (tertiary/aromatic N) is 5. The number of aryl methyl sites for hydroxylation is 1. The highest BCUT2D eigenvalue weighted by molar-refractivity contribution is 5.76. The number of aromatic nitrogens is 5. The van der Waals surface area contributed by atoms with Crippen molar-refractivity contribution in [3.05, 3.63) is 53.2 Å². The zero-order valence-corrected chi connectivity index (χ0v) is 14.7. The standard InChI is InChI=1S/C18H20N6O3/c25-15-2-1-14(11-20-15)18-21-17(22-27-18)13-3-8-24(9-4-13)16(26)5-7-23-10-6-19-12-23/h1-2,6,10-13H,3-5,7-9H2,(H,20,25). The molecule has 3 aromatic heterocycles. The molecule has 1 aliphatic heterocycles. The highest BCUT2D eigenvalue weighted by atomic mass is 16.5. The molecule has 140 valence electrons. The van der Waals surface area contributed by atoms with Crippen molar-refractivity contribution in [3.63, 3.8) is 0 Å². The second kappa shape index (κ2) is 7.56. The highest BCUT2D eigenvalue weighted by Crippen LogP contribution is 2.28. The van der Waals surface area contributed by atoms with E-state index in [1.807, 2.05) is 15.7 Å². The molecular weight excluding hydrogens is 348 g/mol. The van der Waals surface area contributed by atoms with E-state index in [4.69, 9.17) is 4.52 Å². The van der Waals surface area contributed by atoms with Crippen molar-refractivity contribution in [2.24, 2.45) is 0 Å². The Balaban J connectivity index is 1.32. The molecule has 0 atom stereocenters. The van der Waals surface area contributed by atoms with Gasteiger partial charge in [-0.1, -0.05) is 5.16 Å². The van der Waals surface area contributed by atoms with Crippen molar-refractivity contribution in [2.45, 2.75) is 31.7 Å². The lowest BCUT2D eigenvalue weighted by atomic mass is 9.96. The zero-order valence-electron chi connectivity index (χ0n) is 14.7. The average Bonchev–Trinajstić information content (AvgIpc) is 3.39. The minimum atomic E-state index is -0.177. The predicted molar refractivity (Wildman–Crippen MR) is 95.8 cm³/mol. The van der Waals surface area contributed by atoms with E-state index in [0.29, 0.717) is 43.3 Å². The van der Waals surface area contributed by atoms with Crippen LogP contribution in [0.3, 0.4) is 0 Å². The summed E-state index contributed by atoms with van der Waals surface area (Å²) in [6.07, 6.45) is 8.93. The lowest BCUT2D eigenvalue weighted by Crippen LogP contribution is -2.38. The van der Waals surface area contributed by atoms with Crippen LogP contribution in [0, 0.1) is 0 Å². The van der Waals surface area contributed by atoms with Crippen LogP contribution < -0.4 is 5.56 Å². The van der Waals surface area contributed by atoms with Crippen LogP contribution >= 0.6 is 0 Å². The number of carbonyl (C=O) groups excluding carboxylic acids is 1. The van der Waals surface area contributed by atoms with Crippen LogP contribution in [0.4, 0.5) is 0 Å². The van der Waals surface area contributed by atoms with Gasteiger partial charge in [0.2, 0.25) is 11.5 Å². The number of amides is 1. The number of carbonyl (C=O) groups is 1. The van der Waals surface area contributed by atoms with E-state index in [1.165, 1.54) is 6.07 Å². The average molecular weight is 368 g/mol. The first-order chi connectivity index (χ1) is 13.2. The summed E-state index contributed by atoms with van der Waals surface area (Å²) in [5.74, 6) is 1.37. The van der Waals surface area contributed by atoms with Gasteiger partial charge in [-0.05, 0) is 18.9 Å². The molecule has 9 heteroatoms. The number of hydrogen-bond acceptors (Lipinski definition) is 6. The van der Waals surface area contributed by atoms with Crippen molar-refractivity contribution in [2.75, 3.05) is 13.1 Å². The summed E-state index contributed by atoms with van der Waals surface area (Å²) in [7, 11) is 0. The van der Waals surface area contributed by atoms with E-state index in [0.717, 1.165) is 12.8 Å². The van der Waals surface area contributed by atoms with Gasteiger partial charge in [-0.2, -0.15) is 4.98 Å². The Kier molecular flexibility index (Phi) is 4.82. The Hall–Kier alpha value is -3.23. The van der Waals surface area contributed by atoms with E-state index >= 15 is 0 Å². The van der Waals surface area contributed by atoms with Crippen molar-refractivity contribution in [1.29, 1.82) is 0 Å². The van der Waals surface area contributed by atoms with Gasteiger partial charge in [-0.25, -0.2) is 4.98 Å². The molecule has 0 spiro atoms. The first-order valence-corrected chi connectivity index (χ1v) is 8.95. The van der Waals surface area contributed by atoms with Crippen LogP contribution in [-0.4, -0.2) is 48.6 Å². The lowest BCUT2D eigenvalue weighted by Gasteiger charge is -2.30. The van der Waals surface area contributed by atoms with Crippen molar-refractivity contribution < 1.29 is 9.32 Å². The fourth-order valence-corrected chi connectivity index (χ4v) is 3.25. The van der Waals surface area contributed by atoms with Gasteiger partial charge < -0.3 is 19.0 Å². The summed E-state index contributed by atoms with van der Waals surface area (Å²) in [5.41, 5.74) is 0.504. The number of H-pyrrole nitrogens is 1. The Labute approximate surface area is 155 Å². The first kappa shape index (κ1) is 17.2. The summed E-state index contributed by atoms with van der Waals surface area (Å²) >= 11 is 0.